The summed E-state index contributed by atoms with van der Waals surface area (Å²) < 4.78 is 0. The highest BCUT2D eigenvalue weighted by atomic mass is 15.3. The Labute approximate surface area is 115 Å². The standard InChI is InChI=1S/C16H34N2/c1-15(2,3)17(7)13-11-9-10-12-14(13)18(8)16(4,5)6/h13-14H,9-12H2,1-8H3/t13-,14-/m0/s1. The van der Waals surface area contributed by atoms with Gasteiger partial charge in [0.25, 0.3) is 0 Å². The van der Waals surface area contributed by atoms with E-state index in [9.17, 15) is 0 Å². The van der Waals surface area contributed by atoms with Gasteiger partial charge in [-0.1, -0.05) is 12.8 Å². The highest BCUT2D eigenvalue weighted by Gasteiger charge is 2.38. The van der Waals surface area contributed by atoms with E-state index in [1.54, 1.807) is 0 Å². The first-order valence-electron chi connectivity index (χ1n) is 7.51. The third-order valence-electron chi connectivity index (χ3n) is 4.81. The zero-order valence-electron chi connectivity index (χ0n) is 13.9. The molecule has 0 spiro atoms. The van der Waals surface area contributed by atoms with Crippen molar-refractivity contribution in [3.63, 3.8) is 0 Å². The second-order valence-electron chi connectivity index (χ2n) is 7.98. The summed E-state index contributed by atoms with van der Waals surface area (Å²) in [7, 11) is 4.61. The van der Waals surface area contributed by atoms with Crippen LogP contribution in [0.15, 0.2) is 0 Å². The van der Waals surface area contributed by atoms with E-state index < -0.39 is 0 Å². The topological polar surface area (TPSA) is 6.48 Å². The first-order chi connectivity index (χ1) is 8.05. The molecule has 18 heavy (non-hydrogen) atoms. The maximum Gasteiger partial charge on any atom is 0.0253 e. The average molecular weight is 254 g/mol. The monoisotopic (exact) mass is 254 g/mol. The predicted molar refractivity (Wildman–Crippen MR) is 81.1 cm³/mol. The summed E-state index contributed by atoms with van der Waals surface area (Å²) in [6.45, 7) is 14.0. The molecule has 108 valence electrons. The van der Waals surface area contributed by atoms with Crippen LogP contribution in [0.2, 0.25) is 0 Å². The molecule has 0 aromatic rings. The van der Waals surface area contributed by atoms with Crippen molar-refractivity contribution in [3.05, 3.63) is 0 Å². The zero-order valence-corrected chi connectivity index (χ0v) is 13.9. The highest BCUT2D eigenvalue weighted by molar-refractivity contribution is 4.94. The lowest BCUT2D eigenvalue weighted by Crippen LogP contribution is -2.59. The summed E-state index contributed by atoms with van der Waals surface area (Å²) in [5.41, 5.74) is 0.526. The number of likely N-dealkylation sites (N-methyl/N-ethyl adjacent to an activating group) is 2. The molecule has 2 heteroatoms. The molecule has 0 saturated heterocycles. The molecule has 1 aliphatic carbocycles. The van der Waals surface area contributed by atoms with Crippen molar-refractivity contribution in [3.8, 4) is 0 Å². The Morgan fingerprint density at radius 2 is 0.944 bits per heavy atom. The molecule has 0 bridgehead atoms. The van der Waals surface area contributed by atoms with Crippen LogP contribution < -0.4 is 0 Å². The second kappa shape index (κ2) is 5.50. The quantitative estimate of drug-likeness (QED) is 0.740. The van der Waals surface area contributed by atoms with Crippen LogP contribution in [0.4, 0.5) is 0 Å². The molecule has 1 rings (SSSR count). The van der Waals surface area contributed by atoms with Gasteiger partial charge < -0.3 is 0 Å². The van der Waals surface area contributed by atoms with Gasteiger partial charge in [0.05, 0.1) is 0 Å². The second-order valence-corrected chi connectivity index (χ2v) is 7.98. The molecule has 2 atom stereocenters. The van der Waals surface area contributed by atoms with Crippen LogP contribution in [0, 0.1) is 0 Å². The molecule has 0 unspecified atom stereocenters. The van der Waals surface area contributed by atoms with Crippen molar-refractivity contribution in [2.45, 2.75) is 90.4 Å². The molecule has 1 saturated carbocycles. The summed E-state index contributed by atoms with van der Waals surface area (Å²) in [4.78, 5) is 5.19. The number of hydrogen-bond acceptors (Lipinski definition) is 2. The van der Waals surface area contributed by atoms with E-state index in [1.807, 2.05) is 0 Å². The first-order valence-corrected chi connectivity index (χ1v) is 7.51. The maximum atomic E-state index is 2.60. The number of rotatable bonds is 2. The van der Waals surface area contributed by atoms with Crippen LogP contribution >= 0.6 is 0 Å². The zero-order chi connectivity index (χ0) is 14.1. The number of hydrogen-bond donors (Lipinski definition) is 0. The minimum Gasteiger partial charge on any atom is -0.297 e. The van der Waals surface area contributed by atoms with Gasteiger partial charge in [-0.05, 0) is 68.5 Å². The summed E-state index contributed by atoms with van der Waals surface area (Å²) in [6, 6.07) is 1.39. The lowest BCUT2D eigenvalue weighted by Gasteiger charge is -2.50. The minimum absolute atomic E-state index is 0.263. The van der Waals surface area contributed by atoms with Crippen LogP contribution in [0.25, 0.3) is 0 Å². The van der Waals surface area contributed by atoms with Crippen LogP contribution in [-0.2, 0) is 0 Å². The molecule has 0 heterocycles. The fraction of sp³-hybridized carbons (Fsp3) is 1.00. The normalized spacial score (nSPS) is 27.0. The Morgan fingerprint density at radius 3 is 1.17 bits per heavy atom. The van der Waals surface area contributed by atoms with Crippen molar-refractivity contribution < 1.29 is 0 Å². The van der Waals surface area contributed by atoms with Gasteiger partial charge in [0, 0.05) is 23.2 Å². The largest absolute Gasteiger partial charge is 0.297 e. The molecule has 0 aromatic heterocycles. The minimum atomic E-state index is 0.263. The lowest BCUT2D eigenvalue weighted by molar-refractivity contribution is -0.00565. The molecule has 0 aromatic carbocycles. The fourth-order valence-corrected chi connectivity index (χ4v) is 2.99. The highest BCUT2D eigenvalue weighted by Crippen LogP contribution is 2.32. The van der Waals surface area contributed by atoms with Gasteiger partial charge in [-0.2, -0.15) is 0 Å². The van der Waals surface area contributed by atoms with Gasteiger partial charge in [0.2, 0.25) is 0 Å². The van der Waals surface area contributed by atoms with Crippen molar-refractivity contribution in [1.82, 2.24) is 9.80 Å². The van der Waals surface area contributed by atoms with Gasteiger partial charge >= 0.3 is 0 Å². The molecule has 0 amide bonds. The van der Waals surface area contributed by atoms with E-state index in [4.69, 9.17) is 0 Å². The summed E-state index contributed by atoms with van der Waals surface area (Å²) in [5, 5.41) is 0. The van der Waals surface area contributed by atoms with E-state index in [-0.39, 0.29) is 11.1 Å². The molecule has 0 aliphatic heterocycles. The maximum absolute atomic E-state index is 2.60. The first kappa shape index (κ1) is 16.0. The van der Waals surface area contributed by atoms with E-state index in [2.05, 4.69) is 65.4 Å². The molecular weight excluding hydrogens is 220 g/mol. The molecule has 1 fully saturated rings. The Morgan fingerprint density at radius 1 is 0.667 bits per heavy atom. The van der Waals surface area contributed by atoms with Gasteiger partial charge in [0.15, 0.2) is 0 Å². The third-order valence-corrected chi connectivity index (χ3v) is 4.81. The predicted octanol–water partition coefficient (Wildman–Crippen LogP) is 3.76. The Hall–Kier alpha value is -0.0800. The van der Waals surface area contributed by atoms with Crippen LogP contribution in [0.5, 0.6) is 0 Å². The third kappa shape index (κ3) is 3.71. The van der Waals surface area contributed by atoms with Crippen LogP contribution in [-0.4, -0.2) is 47.1 Å². The van der Waals surface area contributed by atoms with Gasteiger partial charge in [-0.25, -0.2) is 0 Å². The smallest absolute Gasteiger partial charge is 0.0253 e. The molecule has 0 N–H and O–H groups in total. The van der Waals surface area contributed by atoms with Gasteiger partial charge in [-0.3, -0.25) is 9.80 Å². The van der Waals surface area contributed by atoms with Crippen molar-refractivity contribution in [2.24, 2.45) is 0 Å². The van der Waals surface area contributed by atoms with E-state index >= 15 is 0 Å². The van der Waals surface area contributed by atoms with Crippen molar-refractivity contribution in [1.29, 1.82) is 0 Å². The summed E-state index contributed by atoms with van der Waals surface area (Å²) in [5.74, 6) is 0. The van der Waals surface area contributed by atoms with E-state index in [0.29, 0.717) is 12.1 Å². The SMILES string of the molecule is CN([C@H]1CCCC[C@@H]1N(C)C(C)(C)C)C(C)(C)C. The molecule has 0 radical (unpaired) electrons. The number of nitrogens with zero attached hydrogens (tertiary/aromatic N) is 2. The van der Waals surface area contributed by atoms with Crippen LogP contribution in [0.3, 0.4) is 0 Å². The molecule has 1 aliphatic rings. The van der Waals surface area contributed by atoms with Crippen molar-refractivity contribution >= 4 is 0 Å². The Kier molecular flexibility index (Phi) is 4.88. The van der Waals surface area contributed by atoms with Gasteiger partial charge in [0.1, 0.15) is 0 Å². The average Bonchev–Trinajstić information content (AvgIpc) is 2.24. The summed E-state index contributed by atoms with van der Waals surface area (Å²) in [6.07, 6.45) is 5.47. The van der Waals surface area contributed by atoms with Crippen molar-refractivity contribution in [2.75, 3.05) is 14.1 Å². The lowest BCUT2D eigenvalue weighted by atomic mass is 9.84. The Balaban J connectivity index is 2.87. The summed E-state index contributed by atoms with van der Waals surface area (Å²) >= 11 is 0. The van der Waals surface area contributed by atoms with Gasteiger partial charge in [-0.15, -0.1) is 0 Å². The fourth-order valence-electron chi connectivity index (χ4n) is 2.99. The molecular formula is C16H34N2. The molecule has 2 nitrogen and oxygen atoms in total. The van der Waals surface area contributed by atoms with E-state index in [1.165, 1.54) is 25.7 Å². The van der Waals surface area contributed by atoms with E-state index in [0.717, 1.165) is 0 Å². The van der Waals surface area contributed by atoms with Crippen LogP contribution in [0.1, 0.15) is 67.2 Å². The Bertz CT molecular complexity index is 231.